The van der Waals surface area contributed by atoms with Crippen LogP contribution < -0.4 is 10.6 Å². The minimum atomic E-state index is -1.11. The highest BCUT2D eigenvalue weighted by atomic mass is 33.1. The molecule has 0 aliphatic rings. The number of aliphatic carboxylic acids is 1. The van der Waals surface area contributed by atoms with E-state index in [-0.39, 0.29) is 17.4 Å². The zero-order valence-corrected chi connectivity index (χ0v) is 13.1. The highest BCUT2D eigenvalue weighted by Gasteiger charge is 2.20. The second kappa shape index (κ2) is 9.65. The molecule has 2 atom stereocenters. The van der Waals surface area contributed by atoms with Gasteiger partial charge in [-0.2, -0.15) is 0 Å². The predicted octanol–water partition coefficient (Wildman–Crippen LogP) is 0.0508. The Balaban J connectivity index is 4.13. The van der Waals surface area contributed by atoms with Crippen LogP contribution in [0.5, 0.6) is 0 Å². The minimum Gasteiger partial charge on any atom is -0.480 e. The van der Waals surface area contributed by atoms with Gasteiger partial charge in [0.05, 0.1) is 6.04 Å². The van der Waals surface area contributed by atoms with Gasteiger partial charge in [0.1, 0.15) is 6.04 Å². The van der Waals surface area contributed by atoms with Crippen molar-refractivity contribution < 1.29 is 24.3 Å². The number of hydrogen-bond donors (Lipinski definition) is 3. The van der Waals surface area contributed by atoms with Crippen LogP contribution in [0, 0.1) is 0 Å². The molecule has 0 rings (SSSR count). The van der Waals surface area contributed by atoms with Gasteiger partial charge >= 0.3 is 5.97 Å². The van der Waals surface area contributed by atoms with Crippen molar-refractivity contribution in [3.63, 3.8) is 0 Å². The number of nitrogens with one attached hydrogen (secondary N) is 2. The molecule has 2 amide bonds. The number of carboxylic acid groups (broad SMARTS) is 1. The second-order valence-electron chi connectivity index (χ2n) is 4.02. The Morgan fingerprint density at radius 3 is 1.65 bits per heavy atom. The van der Waals surface area contributed by atoms with Gasteiger partial charge in [-0.25, -0.2) is 4.79 Å². The number of carbonyl (C=O) groups excluding carboxylic acids is 3. The molecular formula is C11H18N2O5S2. The fourth-order valence-electron chi connectivity index (χ4n) is 1.16. The first-order valence-corrected chi connectivity index (χ1v) is 8.24. The molecule has 114 valence electrons. The van der Waals surface area contributed by atoms with Gasteiger partial charge in [-0.3, -0.25) is 14.4 Å². The lowest BCUT2D eigenvalue weighted by molar-refractivity contribution is -0.140. The Morgan fingerprint density at radius 2 is 1.30 bits per heavy atom. The Morgan fingerprint density at radius 1 is 0.900 bits per heavy atom. The molecular weight excluding hydrogens is 304 g/mol. The lowest BCUT2D eigenvalue weighted by atomic mass is 10.2. The SMILES string of the molecule is CC(=O)N[C@@H](CSSC[C@H](NC(C)=O)C(=O)O)C(C)=O. The summed E-state index contributed by atoms with van der Waals surface area (Å²) in [6, 6.07) is -1.56. The van der Waals surface area contributed by atoms with Gasteiger partial charge in [0.25, 0.3) is 0 Å². The summed E-state index contributed by atoms with van der Waals surface area (Å²) >= 11 is 0. The van der Waals surface area contributed by atoms with E-state index in [4.69, 9.17) is 5.11 Å². The normalized spacial score (nSPS) is 13.2. The molecule has 0 saturated carbocycles. The summed E-state index contributed by atoms with van der Waals surface area (Å²) in [5, 5.41) is 13.7. The van der Waals surface area contributed by atoms with Crippen LogP contribution in [0.1, 0.15) is 20.8 Å². The van der Waals surface area contributed by atoms with Crippen LogP contribution in [-0.4, -0.2) is 52.3 Å². The third-order valence-electron chi connectivity index (χ3n) is 2.10. The van der Waals surface area contributed by atoms with Gasteiger partial charge in [0, 0.05) is 25.4 Å². The molecule has 0 aliphatic carbocycles. The van der Waals surface area contributed by atoms with Crippen LogP contribution in [0.15, 0.2) is 0 Å². The maximum Gasteiger partial charge on any atom is 0.327 e. The third kappa shape index (κ3) is 8.81. The zero-order chi connectivity index (χ0) is 15.7. The van der Waals surface area contributed by atoms with Crippen molar-refractivity contribution in [1.29, 1.82) is 0 Å². The van der Waals surface area contributed by atoms with Crippen molar-refractivity contribution in [1.82, 2.24) is 10.6 Å². The first-order chi connectivity index (χ1) is 9.23. The largest absolute Gasteiger partial charge is 0.480 e. The van der Waals surface area contributed by atoms with E-state index < -0.39 is 24.0 Å². The molecule has 0 bridgehead atoms. The molecule has 3 N–H and O–H groups in total. The van der Waals surface area contributed by atoms with Crippen LogP contribution >= 0.6 is 21.6 Å². The van der Waals surface area contributed by atoms with Crippen LogP contribution in [-0.2, 0) is 19.2 Å². The smallest absolute Gasteiger partial charge is 0.327 e. The molecule has 0 aliphatic heterocycles. The first-order valence-electron chi connectivity index (χ1n) is 5.76. The van der Waals surface area contributed by atoms with Crippen molar-refractivity contribution in [3.05, 3.63) is 0 Å². The average Bonchev–Trinajstić information content (AvgIpc) is 2.29. The van der Waals surface area contributed by atoms with Crippen LogP contribution in [0.3, 0.4) is 0 Å². The number of amides is 2. The van der Waals surface area contributed by atoms with E-state index in [0.717, 1.165) is 0 Å². The summed E-state index contributed by atoms with van der Waals surface area (Å²) in [5.74, 6) is -1.47. The average molecular weight is 322 g/mol. The lowest BCUT2D eigenvalue weighted by Crippen LogP contribution is -2.41. The monoisotopic (exact) mass is 322 g/mol. The Bertz CT molecular complexity index is 353. The quantitative estimate of drug-likeness (QED) is 0.406. The molecule has 0 aromatic heterocycles. The van der Waals surface area contributed by atoms with Crippen molar-refractivity contribution >= 4 is 45.2 Å². The summed E-state index contributed by atoms with van der Waals surface area (Å²) in [5.41, 5.74) is 0. The van der Waals surface area contributed by atoms with E-state index >= 15 is 0 Å². The number of ketones is 1. The van der Waals surface area contributed by atoms with Gasteiger partial charge < -0.3 is 15.7 Å². The lowest BCUT2D eigenvalue weighted by Gasteiger charge is -2.15. The molecule has 0 radical (unpaired) electrons. The fraction of sp³-hybridized carbons (Fsp3) is 0.636. The maximum atomic E-state index is 11.3. The maximum absolute atomic E-state index is 11.3. The minimum absolute atomic E-state index is 0.162. The molecule has 0 spiro atoms. The molecule has 0 fully saturated rings. The summed E-state index contributed by atoms with van der Waals surface area (Å²) in [4.78, 5) is 43.9. The zero-order valence-electron chi connectivity index (χ0n) is 11.5. The number of carboxylic acids is 1. The van der Waals surface area contributed by atoms with Crippen LogP contribution in [0.25, 0.3) is 0 Å². The van der Waals surface area contributed by atoms with Crippen molar-refractivity contribution in [2.24, 2.45) is 0 Å². The Labute approximate surface area is 125 Å². The van der Waals surface area contributed by atoms with Gasteiger partial charge in [0.15, 0.2) is 5.78 Å². The van der Waals surface area contributed by atoms with E-state index in [1.165, 1.54) is 42.4 Å². The van der Waals surface area contributed by atoms with E-state index in [9.17, 15) is 19.2 Å². The fourth-order valence-corrected chi connectivity index (χ4v) is 3.56. The molecule has 0 heterocycles. The van der Waals surface area contributed by atoms with E-state index in [2.05, 4.69) is 10.6 Å². The van der Waals surface area contributed by atoms with Crippen molar-refractivity contribution in [2.45, 2.75) is 32.9 Å². The van der Waals surface area contributed by atoms with E-state index in [0.29, 0.717) is 5.75 Å². The van der Waals surface area contributed by atoms with Gasteiger partial charge in [-0.15, -0.1) is 0 Å². The number of rotatable bonds is 9. The topological polar surface area (TPSA) is 113 Å². The molecule has 0 unspecified atom stereocenters. The van der Waals surface area contributed by atoms with Crippen molar-refractivity contribution in [3.8, 4) is 0 Å². The van der Waals surface area contributed by atoms with E-state index in [1.807, 2.05) is 0 Å². The summed E-state index contributed by atoms with van der Waals surface area (Å²) < 4.78 is 0. The Hall–Kier alpha value is -1.22. The molecule has 7 nitrogen and oxygen atoms in total. The molecule has 20 heavy (non-hydrogen) atoms. The van der Waals surface area contributed by atoms with Gasteiger partial charge in [-0.05, 0) is 6.92 Å². The predicted molar refractivity (Wildman–Crippen MR) is 78.4 cm³/mol. The number of carbonyl (C=O) groups is 4. The Kier molecular flexibility index (Phi) is 9.06. The van der Waals surface area contributed by atoms with Crippen LogP contribution in [0.4, 0.5) is 0 Å². The third-order valence-corrected chi connectivity index (χ3v) is 4.52. The summed E-state index contributed by atoms with van der Waals surface area (Å²) in [7, 11) is 2.49. The summed E-state index contributed by atoms with van der Waals surface area (Å²) in [6.45, 7) is 3.95. The second-order valence-corrected chi connectivity index (χ2v) is 6.58. The standard InChI is InChI=1S/C11H18N2O5S2/c1-6(14)9(12-7(2)15)4-19-20-5-10(11(17)18)13-8(3)16/h9-10H,4-5H2,1-3H3,(H,12,15)(H,13,16)(H,17,18)/t9-,10-/m0/s1. The van der Waals surface area contributed by atoms with Gasteiger partial charge in [0.2, 0.25) is 11.8 Å². The highest BCUT2D eigenvalue weighted by molar-refractivity contribution is 8.76. The molecule has 9 heteroatoms. The first kappa shape index (κ1) is 18.8. The highest BCUT2D eigenvalue weighted by Crippen LogP contribution is 2.23. The van der Waals surface area contributed by atoms with Crippen molar-refractivity contribution in [2.75, 3.05) is 11.5 Å². The van der Waals surface area contributed by atoms with E-state index in [1.54, 1.807) is 0 Å². The number of hydrogen-bond acceptors (Lipinski definition) is 6. The number of Topliss-reactive ketones (excluding diaryl/α,β-unsaturated/α-hetero) is 1. The molecule has 0 saturated heterocycles. The molecule has 0 aromatic rings. The summed E-state index contributed by atoms with van der Waals surface area (Å²) in [6.07, 6.45) is 0. The van der Waals surface area contributed by atoms with Gasteiger partial charge in [-0.1, -0.05) is 21.6 Å². The molecule has 0 aromatic carbocycles. The van der Waals surface area contributed by atoms with Crippen LogP contribution in [0.2, 0.25) is 0 Å².